The van der Waals surface area contributed by atoms with E-state index in [1.807, 2.05) is 19.2 Å². The van der Waals surface area contributed by atoms with Gasteiger partial charge in [-0.2, -0.15) is 0 Å². The highest BCUT2D eigenvalue weighted by Crippen LogP contribution is 2.41. The SMILES string of the molecule is CC[C@@H]1C[C@H](NC(=O)c2c(C)oc3c2CCCC3)C[C@@H]1c1nnc2cnc3[nH]ccc3n12. The molecule has 6 rings (SSSR count). The fourth-order valence-corrected chi connectivity index (χ4v) is 5.91. The third-order valence-electron chi connectivity index (χ3n) is 7.43. The van der Waals surface area contributed by atoms with Crippen molar-refractivity contribution in [2.24, 2.45) is 5.92 Å². The van der Waals surface area contributed by atoms with Gasteiger partial charge < -0.3 is 14.7 Å². The predicted octanol–water partition coefficient (Wildman–Crippen LogP) is 4.09. The molecule has 32 heavy (non-hydrogen) atoms. The second-order valence-electron chi connectivity index (χ2n) is 9.28. The van der Waals surface area contributed by atoms with Gasteiger partial charge in [0.1, 0.15) is 17.3 Å². The lowest BCUT2D eigenvalue weighted by Gasteiger charge is -2.16. The first-order chi connectivity index (χ1) is 15.6. The molecule has 166 valence electrons. The molecular formula is C24H28N6O2. The van der Waals surface area contributed by atoms with Gasteiger partial charge in [0.15, 0.2) is 11.3 Å². The fourth-order valence-electron chi connectivity index (χ4n) is 5.91. The maximum atomic E-state index is 13.3. The molecule has 8 nitrogen and oxygen atoms in total. The number of furan rings is 1. The van der Waals surface area contributed by atoms with E-state index < -0.39 is 0 Å². The molecule has 0 bridgehead atoms. The topological polar surface area (TPSA) is 101 Å². The van der Waals surface area contributed by atoms with E-state index in [9.17, 15) is 4.79 Å². The van der Waals surface area contributed by atoms with E-state index in [4.69, 9.17) is 4.42 Å². The van der Waals surface area contributed by atoms with E-state index in [1.165, 1.54) is 0 Å². The Morgan fingerprint density at radius 1 is 1.28 bits per heavy atom. The number of H-pyrrole nitrogens is 1. The highest BCUT2D eigenvalue weighted by atomic mass is 16.3. The number of aromatic nitrogens is 5. The van der Waals surface area contributed by atoms with Gasteiger partial charge in [-0.3, -0.25) is 9.20 Å². The third-order valence-corrected chi connectivity index (χ3v) is 7.43. The number of hydrogen-bond donors (Lipinski definition) is 2. The number of nitrogens with one attached hydrogen (secondary N) is 2. The van der Waals surface area contributed by atoms with Crippen molar-refractivity contribution in [1.82, 2.24) is 29.9 Å². The summed E-state index contributed by atoms with van der Waals surface area (Å²) in [6.07, 6.45) is 10.6. The van der Waals surface area contributed by atoms with Crippen LogP contribution in [0.2, 0.25) is 0 Å². The molecule has 2 aliphatic rings. The third kappa shape index (κ3) is 2.96. The van der Waals surface area contributed by atoms with E-state index in [0.29, 0.717) is 5.92 Å². The van der Waals surface area contributed by atoms with E-state index >= 15 is 0 Å². The lowest BCUT2D eigenvalue weighted by Crippen LogP contribution is -2.34. The lowest BCUT2D eigenvalue weighted by atomic mass is 9.93. The summed E-state index contributed by atoms with van der Waals surface area (Å²) < 4.78 is 8.05. The van der Waals surface area contributed by atoms with Crippen molar-refractivity contribution in [2.45, 2.75) is 70.8 Å². The van der Waals surface area contributed by atoms with Crippen LogP contribution in [0.1, 0.15) is 78.2 Å². The van der Waals surface area contributed by atoms with Crippen LogP contribution in [0.25, 0.3) is 16.8 Å². The van der Waals surface area contributed by atoms with E-state index in [2.05, 4.69) is 36.8 Å². The first-order valence-corrected chi connectivity index (χ1v) is 11.7. The molecule has 2 N–H and O–H groups in total. The Kier molecular flexibility index (Phi) is 4.55. The number of nitrogens with zero attached hydrogens (tertiary/aromatic N) is 4. The molecule has 0 aliphatic heterocycles. The van der Waals surface area contributed by atoms with E-state index in [0.717, 1.165) is 90.2 Å². The number of rotatable bonds is 4. The molecule has 4 aromatic rings. The molecule has 0 aromatic carbocycles. The zero-order chi connectivity index (χ0) is 21.8. The largest absolute Gasteiger partial charge is 0.465 e. The van der Waals surface area contributed by atoms with Crippen molar-refractivity contribution in [2.75, 3.05) is 0 Å². The summed E-state index contributed by atoms with van der Waals surface area (Å²) in [4.78, 5) is 20.9. The van der Waals surface area contributed by atoms with Crippen LogP contribution in [0.4, 0.5) is 0 Å². The summed E-state index contributed by atoms with van der Waals surface area (Å²) in [7, 11) is 0. The Bertz CT molecular complexity index is 1310. The number of amides is 1. The van der Waals surface area contributed by atoms with Crippen molar-refractivity contribution in [3.63, 3.8) is 0 Å². The Morgan fingerprint density at radius 3 is 3.03 bits per heavy atom. The van der Waals surface area contributed by atoms with Crippen molar-refractivity contribution < 1.29 is 9.21 Å². The minimum absolute atomic E-state index is 0.0122. The summed E-state index contributed by atoms with van der Waals surface area (Å²) in [6, 6.07) is 2.13. The number of fused-ring (bicyclic) bond motifs is 4. The average molecular weight is 433 g/mol. The van der Waals surface area contributed by atoms with Crippen LogP contribution in [0.3, 0.4) is 0 Å². The van der Waals surface area contributed by atoms with Crippen LogP contribution in [-0.4, -0.2) is 36.5 Å². The molecule has 0 unspecified atom stereocenters. The number of carbonyl (C=O) groups is 1. The zero-order valence-corrected chi connectivity index (χ0v) is 18.5. The zero-order valence-electron chi connectivity index (χ0n) is 18.5. The maximum absolute atomic E-state index is 13.3. The smallest absolute Gasteiger partial charge is 0.255 e. The van der Waals surface area contributed by atoms with Crippen molar-refractivity contribution in [1.29, 1.82) is 0 Å². The second-order valence-corrected chi connectivity index (χ2v) is 9.28. The summed E-state index contributed by atoms with van der Waals surface area (Å²) in [5.74, 6) is 3.41. The van der Waals surface area contributed by atoms with Gasteiger partial charge in [0.05, 0.1) is 17.3 Å². The quantitative estimate of drug-likeness (QED) is 0.506. The van der Waals surface area contributed by atoms with Crippen LogP contribution in [-0.2, 0) is 12.8 Å². The summed E-state index contributed by atoms with van der Waals surface area (Å²) in [5, 5.41) is 12.3. The number of hydrogen-bond acceptors (Lipinski definition) is 5. The summed E-state index contributed by atoms with van der Waals surface area (Å²) >= 11 is 0. The summed E-state index contributed by atoms with van der Waals surface area (Å²) in [5.41, 5.74) is 4.47. The molecule has 1 fully saturated rings. The molecule has 0 radical (unpaired) electrons. The van der Waals surface area contributed by atoms with Gasteiger partial charge >= 0.3 is 0 Å². The highest BCUT2D eigenvalue weighted by Gasteiger charge is 2.38. The Balaban J connectivity index is 1.29. The number of carbonyl (C=O) groups excluding carboxylic acids is 1. The second kappa shape index (κ2) is 7.46. The van der Waals surface area contributed by atoms with Gasteiger partial charge in [0.2, 0.25) is 0 Å². The first kappa shape index (κ1) is 19.5. The molecule has 4 aromatic heterocycles. The van der Waals surface area contributed by atoms with Crippen LogP contribution < -0.4 is 5.32 Å². The monoisotopic (exact) mass is 432 g/mol. The molecule has 4 heterocycles. The number of aromatic amines is 1. The fraction of sp³-hybridized carbons (Fsp3) is 0.500. The molecule has 0 saturated heterocycles. The molecule has 2 aliphatic carbocycles. The van der Waals surface area contributed by atoms with Gasteiger partial charge in [-0.1, -0.05) is 13.3 Å². The molecular weight excluding hydrogens is 404 g/mol. The van der Waals surface area contributed by atoms with E-state index in [1.54, 1.807) is 6.20 Å². The standard InChI is InChI=1S/C24H28N6O2/c1-3-14-10-15(27-24(31)21-13(2)32-19-7-5-4-6-16(19)21)11-17(14)23-29-28-20-12-26-22-18(30(20)23)8-9-25-22/h8-9,12,14-15,17,25H,3-7,10-11H2,1-2H3,(H,27,31)/t14-,15+,17+/m1/s1. The Morgan fingerprint density at radius 2 is 2.16 bits per heavy atom. The highest BCUT2D eigenvalue weighted by molar-refractivity contribution is 5.97. The summed E-state index contributed by atoms with van der Waals surface area (Å²) in [6.45, 7) is 4.13. The first-order valence-electron chi connectivity index (χ1n) is 11.7. The molecule has 3 atom stereocenters. The normalized spacial score (nSPS) is 23.1. The van der Waals surface area contributed by atoms with Crippen LogP contribution >= 0.6 is 0 Å². The maximum Gasteiger partial charge on any atom is 0.255 e. The van der Waals surface area contributed by atoms with Crippen LogP contribution in [0, 0.1) is 12.8 Å². The Labute approximate surface area is 185 Å². The van der Waals surface area contributed by atoms with Gasteiger partial charge in [-0.15, -0.1) is 10.2 Å². The van der Waals surface area contributed by atoms with Crippen LogP contribution in [0.15, 0.2) is 22.9 Å². The van der Waals surface area contributed by atoms with Gasteiger partial charge in [-0.05, 0) is 51.0 Å². The van der Waals surface area contributed by atoms with Crippen molar-refractivity contribution in [3.05, 3.63) is 46.9 Å². The minimum Gasteiger partial charge on any atom is -0.465 e. The van der Waals surface area contributed by atoms with Gasteiger partial charge in [0.25, 0.3) is 5.91 Å². The van der Waals surface area contributed by atoms with Gasteiger partial charge in [-0.25, -0.2) is 4.98 Å². The molecule has 8 heteroatoms. The van der Waals surface area contributed by atoms with Crippen molar-refractivity contribution in [3.8, 4) is 0 Å². The predicted molar refractivity (Wildman–Crippen MR) is 120 cm³/mol. The average Bonchev–Trinajstić information content (AvgIpc) is 3.55. The molecule has 0 spiro atoms. The molecule has 1 amide bonds. The Hall–Kier alpha value is -3.16. The minimum atomic E-state index is 0.0122. The van der Waals surface area contributed by atoms with Crippen molar-refractivity contribution >= 4 is 22.7 Å². The molecule has 1 saturated carbocycles. The van der Waals surface area contributed by atoms with Gasteiger partial charge in [0, 0.05) is 30.1 Å². The lowest BCUT2D eigenvalue weighted by molar-refractivity contribution is 0.0934. The van der Waals surface area contributed by atoms with E-state index in [-0.39, 0.29) is 17.9 Å². The van der Waals surface area contributed by atoms with Crippen LogP contribution in [0.5, 0.6) is 0 Å². The number of aryl methyl sites for hydroxylation is 2.